The molecule has 0 radical (unpaired) electrons. The normalized spacial score (nSPS) is 26.3. The SMILES string of the molecule is C=CC1CCC(C2CC=C(c3ccc(OCCC)c(F)c3F)CC2)CC1. The van der Waals surface area contributed by atoms with Gasteiger partial charge in [0.05, 0.1) is 6.61 Å². The maximum atomic E-state index is 14.5. The second kappa shape index (κ2) is 8.83. The zero-order valence-electron chi connectivity index (χ0n) is 15.8. The highest BCUT2D eigenvalue weighted by Gasteiger charge is 2.28. The molecule has 0 N–H and O–H groups in total. The van der Waals surface area contributed by atoms with E-state index in [0.29, 0.717) is 24.0 Å². The van der Waals surface area contributed by atoms with E-state index in [2.05, 4.69) is 18.7 Å². The number of hydrogen-bond donors (Lipinski definition) is 0. The van der Waals surface area contributed by atoms with Crippen molar-refractivity contribution in [3.63, 3.8) is 0 Å². The Hall–Kier alpha value is -1.64. The van der Waals surface area contributed by atoms with Gasteiger partial charge in [0.1, 0.15) is 0 Å². The lowest BCUT2D eigenvalue weighted by molar-refractivity contribution is 0.212. The van der Waals surface area contributed by atoms with Crippen molar-refractivity contribution in [2.45, 2.75) is 58.3 Å². The Morgan fingerprint density at radius 2 is 1.85 bits per heavy atom. The van der Waals surface area contributed by atoms with E-state index in [4.69, 9.17) is 4.74 Å². The maximum absolute atomic E-state index is 14.5. The molecule has 1 aromatic carbocycles. The van der Waals surface area contributed by atoms with E-state index in [1.807, 2.05) is 6.92 Å². The van der Waals surface area contributed by atoms with Gasteiger partial charge in [-0.1, -0.05) is 19.1 Å². The summed E-state index contributed by atoms with van der Waals surface area (Å²) in [6.45, 7) is 6.26. The monoisotopic (exact) mass is 360 g/mol. The third kappa shape index (κ3) is 4.19. The molecule has 0 aliphatic heterocycles. The summed E-state index contributed by atoms with van der Waals surface area (Å²) in [4.78, 5) is 0. The topological polar surface area (TPSA) is 9.23 Å². The summed E-state index contributed by atoms with van der Waals surface area (Å²) in [5.41, 5.74) is 1.35. The van der Waals surface area contributed by atoms with Crippen molar-refractivity contribution in [1.29, 1.82) is 0 Å². The van der Waals surface area contributed by atoms with E-state index < -0.39 is 11.6 Å². The molecule has 1 nitrogen and oxygen atoms in total. The van der Waals surface area contributed by atoms with Gasteiger partial charge in [-0.05, 0) is 86.8 Å². The Morgan fingerprint density at radius 1 is 1.08 bits per heavy atom. The van der Waals surface area contributed by atoms with Crippen molar-refractivity contribution < 1.29 is 13.5 Å². The Bertz CT molecular complexity index is 656. The number of benzene rings is 1. The van der Waals surface area contributed by atoms with E-state index in [-0.39, 0.29) is 5.75 Å². The molecule has 0 amide bonds. The van der Waals surface area contributed by atoms with E-state index in [1.165, 1.54) is 25.7 Å². The molecule has 142 valence electrons. The van der Waals surface area contributed by atoms with Gasteiger partial charge < -0.3 is 4.74 Å². The van der Waals surface area contributed by atoms with Gasteiger partial charge in [0.2, 0.25) is 5.82 Å². The van der Waals surface area contributed by atoms with Crippen LogP contribution >= 0.6 is 0 Å². The first-order valence-electron chi connectivity index (χ1n) is 10.1. The van der Waals surface area contributed by atoms with Crippen LogP contribution in [0.3, 0.4) is 0 Å². The molecule has 0 bridgehead atoms. The number of rotatable bonds is 6. The second-order valence-electron chi connectivity index (χ2n) is 7.76. The van der Waals surface area contributed by atoms with Crippen LogP contribution in [0.4, 0.5) is 8.78 Å². The molecule has 26 heavy (non-hydrogen) atoms. The lowest BCUT2D eigenvalue weighted by Gasteiger charge is -2.34. The van der Waals surface area contributed by atoms with Gasteiger partial charge in [-0.15, -0.1) is 6.58 Å². The first kappa shape index (κ1) is 19.1. The van der Waals surface area contributed by atoms with Crippen LogP contribution in [-0.2, 0) is 0 Å². The molecule has 0 heterocycles. The Kier molecular flexibility index (Phi) is 6.50. The predicted octanol–water partition coefficient (Wildman–Crippen LogP) is 6.93. The number of ether oxygens (including phenoxy) is 1. The smallest absolute Gasteiger partial charge is 0.201 e. The van der Waals surface area contributed by atoms with Crippen LogP contribution in [-0.4, -0.2) is 6.61 Å². The molecule has 1 saturated carbocycles. The highest BCUT2D eigenvalue weighted by Crippen LogP contribution is 2.42. The minimum Gasteiger partial charge on any atom is -0.490 e. The highest BCUT2D eigenvalue weighted by molar-refractivity contribution is 5.67. The first-order valence-corrected chi connectivity index (χ1v) is 10.1. The molecule has 3 rings (SSSR count). The van der Waals surface area contributed by atoms with Crippen LogP contribution in [0.1, 0.15) is 63.9 Å². The minimum atomic E-state index is -0.860. The fraction of sp³-hybridized carbons (Fsp3) is 0.565. The fourth-order valence-corrected chi connectivity index (χ4v) is 4.48. The van der Waals surface area contributed by atoms with Crippen molar-refractivity contribution in [3.05, 3.63) is 48.1 Å². The summed E-state index contributed by atoms with van der Waals surface area (Å²) in [7, 11) is 0. The summed E-state index contributed by atoms with van der Waals surface area (Å²) in [6.07, 6.45) is 12.9. The van der Waals surface area contributed by atoms with Crippen LogP contribution < -0.4 is 4.74 Å². The average molecular weight is 360 g/mol. The van der Waals surface area contributed by atoms with Crippen LogP contribution in [0.25, 0.3) is 5.57 Å². The molecule has 3 heteroatoms. The summed E-state index contributed by atoms with van der Waals surface area (Å²) < 4.78 is 34.0. The summed E-state index contributed by atoms with van der Waals surface area (Å²) in [6, 6.07) is 3.23. The van der Waals surface area contributed by atoms with Crippen molar-refractivity contribution in [2.24, 2.45) is 17.8 Å². The van der Waals surface area contributed by atoms with E-state index in [9.17, 15) is 8.78 Å². The third-order valence-corrected chi connectivity index (χ3v) is 6.12. The Morgan fingerprint density at radius 3 is 2.46 bits per heavy atom. The minimum absolute atomic E-state index is 0.0152. The fourth-order valence-electron chi connectivity index (χ4n) is 4.48. The zero-order valence-corrected chi connectivity index (χ0v) is 15.8. The van der Waals surface area contributed by atoms with Gasteiger partial charge in [0.15, 0.2) is 11.6 Å². The standard InChI is InChI=1S/C23H30F2O/c1-3-15-26-21-14-13-20(22(24)23(21)25)19-11-9-18(10-12-19)17-7-5-16(4-2)6-8-17/h4,11,13-14,16-18H,2-3,5-10,12,15H2,1H3. The summed E-state index contributed by atoms with van der Waals surface area (Å²) in [5.74, 6) is 0.532. The molecule has 0 aromatic heterocycles. The van der Waals surface area contributed by atoms with Crippen molar-refractivity contribution >= 4 is 5.57 Å². The van der Waals surface area contributed by atoms with E-state index >= 15 is 0 Å². The molecule has 1 fully saturated rings. The number of halogens is 2. The highest BCUT2D eigenvalue weighted by atomic mass is 19.2. The molecular formula is C23H30F2O. The molecule has 1 atom stereocenters. The Labute approximate surface area is 156 Å². The van der Waals surface area contributed by atoms with Gasteiger partial charge >= 0.3 is 0 Å². The lowest BCUT2D eigenvalue weighted by Crippen LogP contribution is -2.22. The van der Waals surface area contributed by atoms with Crippen LogP contribution in [0.5, 0.6) is 5.75 Å². The predicted molar refractivity (Wildman–Crippen MR) is 103 cm³/mol. The lowest BCUT2D eigenvalue weighted by atomic mass is 9.71. The molecule has 1 unspecified atom stereocenters. The molecule has 2 aliphatic rings. The van der Waals surface area contributed by atoms with E-state index in [1.54, 1.807) is 12.1 Å². The van der Waals surface area contributed by atoms with Crippen LogP contribution in [0, 0.1) is 29.4 Å². The maximum Gasteiger partial charge on any atom is 0.201 e. The molecule has 1 aromatic rings. The Balaban J connectivity index is 1.65. The largest absolute Gasteiger partial charge is 0.490 e. The van der Waals surface area contributed by atoms with Crippen LogP contribution in [0.15, 0.2) is 30.9 Å². The van der Waals surface area contributed by atoms with Crippen molar-refractivity contribution in [1.82, 2.24) is 0 Å². The summed E-state index contributed by atoms with van der Waals surface area (Å²) >= 11 is 0. The third-order valence-electron chi connectivity index (χ3n) is 6.12. The van der Waals surface area contributed by atoms with Crippen LogP contribution in [0.2, 0.25) is 0 Å². The van der Waals surface area contributed by atoms with E-state index in [0.717, 1.165) is 37.2 Å². The zero-order chi connectivity index (χ0) is 18.5. The van der Waals surface area contributed by atoms with Gasteiger partial charge in [0.25, 0.3) is 0 Å². The van der Waals surface area contributed by atoms with Gasteiger partial charge in [-0.3, -0.25) is 0 Å². The average Bonchev–Trinajstić information content (AvgIpc) is 2.69. The van der Waals surface area contributed by atoms with Crippen molar-refractivity contribution in [2.75, 3.05) is 6.61 Å². The second-order valence-corrected chi connectivity index (χ2v) is 7.76. The molecule has 0 saturated heterocycles. The summed E-state index contributed by atoms with van der Waals surface area (Å²) in [5, 5.41) is 0. The first-order chi connectivity index (χ1) is 12.6. The molecule has 2 aliphatic carbocycles. The quantitative estimate of drug-likeness (QED) is 0.500. The molecular weight excluding hydrogens is 330 g/mol. The molecule has 0 spiro atoms. The van der Waals surface area contributed by atoms with Gasteiger partial charge in [0, 0.05) is 5.56 Å². The number of hydrogen-bond acceptors (Lipinski definition) is 1. The van der Waals surface area contributed by atoms with Crippen molar-refractivity contribution in [3.8, 4) is 5.75 Å². The van der Waals surface area contributed by atoms with Gasteiger partial charge in [-0.2, -0.15) is 4.39 Å². The van der Waals surface area contributed by atoms with Gasteiger partial charge in [-0.25, -0.2) is 4.39 Å². The number of allylic oxidation sites excluding steroid dienone is 3.